The Kier molecular flexibility index (Phi) is 4.36. The highest BCUT2D eigenvalue weighted by molar-refractivity contribution is 6.31. The van der Waals surface area contributed by atoms with Crippen LogP contribution < -0.4 is 4.90 Å². The lowest BCUT2D eigenvalue weighted by Crippen LogP contribution is -2.46. The Morgan fingerprint density at radius 1 is 0.960 bits per heavy atom. The number of piperazine rings is 1. The fourth-order valence-corrected chi connectivity index (χ4v) is 3.48. The number of hydrogen-bond acceptors (Lipinski definition) is 2. The van der Waals surface area contributed by atoms with E-state index in [4.69, 9.17) is 11.6 Å². The van der Waals surface area contributed by atoms with Gasteiger partial charge in [-0.2, -0.15) is 0 Å². The van der Waals surface area contributed by atoms with Crippen LogP contribution in [0.5, 0.6) is 0 Å². The van der Waals surface area contributed by atoms with E-state index in [1.54, 1.807) is 0 Å². The third-order valence-electron chi connectivity index (χ3n) is 4.69. The summed E-state index contributed by atoms with van der Waals surface area (Å²) in [4.78, 5) is 7.89. The molecule has 3 aromatic rings. The van der Waals surface area contributed by atoms with Gasteiger partial charge in [0.2, 0.25) is 0 Å². The molecular formula is C19H18ClF2N3. The van der Waals surface area contributed by atoms with E-state index in [1.807, 2.05) is 18.2 Å². The quantitative estimate of drug-likeness (QED) is 0.746. The Balaban J connectivity index is 1.42. The molecule has 0 saturated carbocycles. The Morgan fingerprint density at radius 3 is 2.52 bits per heavy atom. The van der Waals surface area contributed by atoms with Gasteiger partial charge in [-0.1, -0.05) is 17.7 Å². The second-order valence-electron chi connectivity index (χ2n) is 6.39. The molecule has 6 heteroatoms. The Hall–Kier alpha value is -2.11. The first-order valence-electron chi connectivity index (χ1n) is 8.28. The van der Waals surface area contributed by atoms with Crippen LogP contribution in [-0.4, -0.2) is 36.1 Å². The Bertz CT molecular complexity index is 901. The number of benzene rings is 2. The van der Waals surface area contributed by atoms with E-state index in [-0.39, 0.29) is 0 Å². The van der Waals surface area contributed by atoms with Gasteiger partial charge in [0.25, 0.3) is 0 Å². The van der Waals surface area contributed by atoms with Crippen LogP contribution in [0.15, 0.2) is 42.5 Å². The van der Waals surface area contributed by atoms with Gasteiger partial charge in [0.1, 0.15) is 17.5 Å². The van der Waals surface area contributed by atoms with Gasteiger partial charge < -0.3 is 9.88 Å². The van der Waals surface area contributed by atoms with Crippen molar-refractivity contribution in [3.63, 3.8) is 0 Å². The molecule has 0 spiro atoms. The summed E-state index contributed by atoms with van der Waals surface area (Å²) in [6.07, 6.45) is 0. The van der Waals surface area contributed by atoms with Gasteiger partial charge in [0.15, 0.2) is 0 Å². The van der Waals surface area contributed by atoms with Crippen molar-refractivity contribution < 1.29 is 8.78 Å². The average molecular weight is 362 g/mol. The molecular weight excluding hydrogens is 344 g/mol. The standard InChI is InChI=1S/C19H18ClF2N3/c20-15-2-4-18-14(9-15)10-19(23-18)25-7-5-24(6-8-25)12-13-1-3-16(21)11-17(13)22/h1-4,9-11,23H,5-8,12H2. The molecule has 0 radical (unpaired) electrons. The largest absolute Gasteiger partial charge is 0.356 e. The number of anilines is 1. The van der Waals surface area contributed by atoms with Crippen molar-refractivity contribution in [2.24, 2.45) is 0 Å². The van der Waals surface area contributed by atoms with Gasteiger partial charge in [0, 0.05) is 60.3 Å². The summed E-state index contributed by atoms with van der Waals surface area (Å²) >= 11 is 6.04. The second-order valence-corrected chi connectivity index (χ2v) is 6.82. The van der Waals surface area contributed by atoms with Gasteiger partial charge >= 0.3 is 0 Å². The summed E-state index contributed by atoms with van der Waals surface area (Å²) in [7, 11) is 0. The van der Waals surface area contributed by atoms with Crippen molar-refractivity contribution in [1.29, 1.82) is 0 Å². The van der Waals surface area contributed by atoms with Crippen molar-refractivity contribution in [3.05, 3.63) is 64.7 Å². The molecule has 0 atom stereocenters. The number of halogens is 3. The van der Waals surface area contributed by atoms with E-state index in [0.29, 0.717) is 12.1 Å². The molecule has 4 rings (SSSR count). The second kappa shape index (κ2) is 6.65. The molecule has 25 heavy (non-hydrogen) atoms. The average Bonchev–Trinajstić information content (AvgIpc) is 3.01. The van der Waals surface area contributed by atoms with Crippen molar-refractivity contribution >= 4 is 28.3 Å². The summed E-state index contributed by atoms with van der Waals surface area (Å²) in [6, 6.07) is 11.7. The summed E-state index contributed by atoms with van der Waals surface area (Å²) < 4.78 is 26.8. The number of fused-ring (bicyclic) bond motifs is 1. The van der Waals surface area contributed by atoms with E-state index < -0.39 is 11.6 Å². The first kappa shape index (κ1) is 16.4. The summed E-state index contributed by atoms with van der Waals surface area (Å²) in [5.74, 6) is 0.0600. The zero-order valence-corrected chi connectivity index (χ0v) is 14.4. The topological polar surface area (TPSA) is 22.3 Å². The Labute approximate surface area is 149 Å². The molecule has 1 aliphatic heterocycles. The lowest BCUT2D eigenvalue weighted by atomic mass is 10.2. The molecule has 1 saturated heterocycles. The predicted molar refractivity (Wildman–Crippen MR) is 97.2 cm³/mol. The molecule has 3 nitrogen and oxygen atoms in total. The number of aromatic nitrogens is 1. The van der Waals surface area contributed by atoms with Crippen LogP contribution in [0, 0.1) is 11.6 Å². The SMILES string of the molecule is Fc1ccc(CN2CCN(c3cc4cc(Cl)ccc4[nH]3)CC2)c(F)c1. The van der Waals surface area contributed by atoms with E-state index >= 15 is 0 Å². The molecule has 2 heterocycles. The summed E-state index contributed by atoms with van der Waals surface area (Å²) in [5.41, 5.74) is 1.60. The number of nitrogens with zero attached hydrogens (tertiary/aromatic N) is 2. The van der Waals surface area contributed by atoms with Gasteiger partial charge in [-0.25, -0.2) is 8.78 Å². The van der Waals surface area contributed by atoms with Gasteiger partial charge in [-0.05, 0) is 30.3 Å². The van der Waals surface area contributed by atoms with E-state index in [2.05, 4.69) is 20.9 Å². The fraction of sp³-hybridized carbons (Fsp3) is 0.263. The van der Waals surface area contributed by atoms with Crippen LogP contribution in [-0.2, 0) is 6.54 Å². The van der Waals surface area contributed by atoms with Gasteiger partial charge in [0.05, 0.1) is 0 Å². The molecule has 1 N–H and O–H groups in total. The van der Waals surface area contributed by atoms with Crippen molar-refractivity contribution in [1.82, 2.24) is 9.88 Å². The van der Waals surface area contributed by atoms with Crippen LogP contribution >= 0.6 is 11.6 Å². The molecule has 130 valence electrons. The van der Waals surface area contributed by atoms with Gasteiger partial charge in [-0.3, -0.25) is 4.90 Å². The maximum absolute atomic E-state index is 13.8. The zero-order valence-electron chi connectivity index (χ0n) is 13.6. The maximum Gasteiger partial charge on any atom is 0.130 e. The first-order valence-corrected chi connectivity index (χ1v) is 8.66. The molecule has 1 aromatic heterocycles. The highest BCUT2D eigenvalue weighted by Crippen LogP contribution is 2.25. The molecule has 0 aliphatic carbocycles. The number of rotatable bonds is 3. The van der Waals surface area contributed by atoms with Crippen molar-refractivity contribution in [2.45, 2.75) is 6.54 Å². The Morgan fingerprint density at radius 2 is 1.76 bits per heavy atom. The first-order chi connectivity index (χ1) is 12.1. The van der Waals surface area contributed by atoms with Crippen LogP contribution in [0.4, 0.5) is 14.6 Å². The fourth-order valence-electron chi connectivity index (χ4n) is 3.30. The molecule has 2 aromatic carbocycles. The lowest BCUT2D eigenvalue weighted by molar-refractivity contribution is 0.246. The van der Waals surface area contributed by atoms with E-state index in [1.165, 1.54) is 12.1 Å². The summed E-state index contributed by atoms with van der Waals surface area (Å²) in [6.45, 7) is 3.86. The minimum Gasteiger partial charge on any atom is -0.356 e. The number of nitrogens with one attached hydrogen (secondary N) is 1. The van der Waals surface area contributed by atoms with Crippen LogP contribution in [0.2, 0.25) is 5.02 Å². The monoisotopic (exact) mass is 361 g/mol. The molecule has 0 unspecified atom stereocenters. The molecule has 1 fully saturated rings. The van der Waals surface area contributed by atoms with Crippen molar-refractivity contribution in [2.75, 3.05) is 31.1 Å². The number of aromatic amines is 1. The van der Waals surface area contributed by atoms with Crippen molar-refractivity contribution in [3.8, 4) is 0 Å². The maximum atomic E-state index is 13.8. The highest BCUT2D eigenvalue weighted by Gasteiger charge is 2.19. The zero-order chi connectivity index (χ0) is 17.4. The number of H-pyrrole nitrogens is 1. The van der Waals surface area contributed by atoms with E-state index in [9.17, 15) is 8.78 Å². The summed E-state index contributed by atoms with van der Waals surface area (Å²) in [5, 5.41) is 1.82. The van der Waals surface area contributed by atoms with Crippen LogP contribution in [0.25, 0.3) is 10.9 Å². The van der Waals surface area contributed by atoms with Crippen LogP contribution in [0.1, 0.15) is 5.56 Å². The normalized spacial score (nSPS) is 15.9. The minimum absolute atomic E-state index is 0.477. The third-order valence-corrected chi connectivity index (χ3v) is 4.93. The molecule has 1 aliphatic rings. The lowest BCUT2D eigenvalue weighted by Gasteiger charge is -2.35. The molecule has 0 amide bonds. The third kappa shape index (κ3) is 3.48. The van der Waals surface area contributed by atoms with E-state index in [0.717, 1.165) is 54.0 Å². The highest BCUT2D eigenvalue weighted by atomic mass is 35.5. The smallest absolute Gasteiger partial charge is 0.130 e. The predicted octanol–water partition coefficient (Wildman–Crippen LogP) is 4.42. The molecule has 0 bridgehead atoms. The number of hydrogen-bond donors (Lipinski definition) is 1. The van der Waals surface area contributed by atoms with Gasteiger partial charge in [-0.15, -0.1) is 0 Å². The minimum atomic E-state index is -0.537. The van der Waals surface area contributed by atoms with Crippen LogP contribution in [0.3, 0.4) is 0 Å².